The fourth-order valence-corrected chi connectivity index (χ4v) is 3.72. The largest absolute Gasteiger partial charge is 0.277 e. The standard InChI is InChI=1S/C15H9BrF2N2O2S/c16-9-3-5-13(12(18)8-9)20-23(21,22)14-6-4-11(17)15-10(14)2-1-7-19-15/h1-8,20H. The van der Waals surface area contributed by atoms with Gasteiger partial charge in [-0.25, -0.2) is 17.2 Å². The van der Waals surface area contributed by atoms with Crippen molar-refractivity contribution < 1.29 is 17.2 Å². The van der Waals surface area contributed by atoms with Gasteiger partial charge in [0.25, 0.3) is 10.0 Å². The Kier molecular flexibility index (Phi) is 4.03. The summed E-state index contributed by atoms with van der Waals surface area (Å²) in [6.07, 6.45) is 1.36. The monoisotopic (exact) mass is 398 g/mol. The van der Waals surface area contributed by atoms with Crippen LogP contribution in [-0.2, 0) is 10.0 Å². The summed E-state index contributed by atoms with van der Waals surface area (Å²) in [6, 6.07) is 9.02. The molecule has 1 N–H and O–H groups in total. The molecular weight excluding hydrogens is 390 g/mol. The van der Waals surface area contributed by atoms with Gasteiger partial charge in [0, 0.05) is 16.1 Å². The molecule has 0 aliphatic carbocycles. The average molecular weight is 399 g/mol. The Hall–Kier alpha value is -2.06. The molecule has 2 aromatic carbocycles. The minimum Gasteiger partial charge on any atom is -0.277 e. The van der Waals surface area contributed by atoms with Gasteiger partial charge in [0.2, 0.25) is 0 Å². The van der Waals surface area contributed by atoms with Crippen molar-refractivity contribution in [3.8, 4) is 0 Å². The van der Waals surface area contributed by atoms with E-state index in [0.29, 0.717) is 4.47 Å². The van der Waals surface area contributed by atoms with Crippen molar-refractivity contribution in [2.45, 2.75) is 4.90 Å². The first kappa shape index (κ1) is 15.8. The van der Waals surface area contributed by atoms with Crippen molar-refractivity contribution in [3.63, 3.8) is 0 Å². The first-order chi connectivity index (χ1) is 10.9. The third kappa shape index (κ3) is 3.04. The molecule has 0 radical (unpaired) electrons. The fraction of sp³-hybridized carbons (Fsp3) is 0. The third-order valence-corrected chi connectivity index (χ3v) is 5.06. The van der Waals surface area contributed by atoms with E-state index in [2.05, 4.69) is 25.6 Å². The predicted octanol–water partition coefficient (Wildman–Crippen LogP) is 4.08. The third-order valence-electron chi connectivity index (χ3n) is 3.15. The molecule has 0 spiro atoms. The number of aromatic nitrogens is 1. The lowest BCUT2D eigenvalue weighted by molar-refractivity contribution is 0.598. The number of rotatable bonds is 3. The molecule has 1 aromatic heterocycles. The molecule has 0 aliphatic rings. The molecule has 0 bridgehead atoms. The topological polar surface area (TPSA) is 59.1 Å². The van der Waals surface area contributed by atoms with Gasteiger partial charge in [0.05, 0.1) is 10.6 Å². The Bertz CT molecular complexity index is 1010. The average Bonchev–Trinajstić information content (AvgIpc) is 2.50. The number of anilines is 1. The maximum Gasteiger partial charge on any atom is 0.262 e. The van der Waals surface area contributed by atoms with Gasteiger partial charge in [0.15, 0.2) is 0 Å². The van der Waals surface area contributed by atoms with Crippen molar-refractivity contribution in [2.75, 3.05) is 4.72 Å². The van der Waals surface area contributed by atoms with Gasteiger partial charge < -0.3 is 0 Å². The number of hydrogen-bond donors (Lipinski definition) is 1. The molecule has 0 atom stereocenters. The minimum absolute atomic E-state index is 0.0633. The first-order valence-corrected chi connectivity index (χ1v) is 8.67. The van der Waals surface area contributed by atoms with Gasteiger partial charge in [-0.15, -0.1) is 0 Å². The highest BCUT2D eigenvalue weighted by molar-refractivity contribution is 9.10. The van der Waals surface area contributed by atoms with Crippen molar-refractivity contribution in [1.29, 1.82) is 0 Å². The summed E-state index contributed by atoms with van der Waals surface area (Å²) in [4.78, 5) is 3.67. The SMILES string of the molecule is O=S(=O)(Nc1ccc(Br)cc1F)c1ccc(F)c2ncccc12. The van der Waals surface area contributed by atoms with Crippen LogP contribution in [0.15, 0.2) is 58.0 Å². The highest BCUT2D eigenvalue weighted by Gasteiger charge is 2.20. The smallest absolute Gasteiger partial charge is 0.262 e. The van der Waals surface area contributed by atoms with E-state index in [1.54, 1.807) is 0 Å². The lowest BCUT2D eigenvalue weighted by Crippen LogP contribution is -2.14. The zero-order chi connectivity index (χ0) is 16.6. The zero-order valence-corrected chi connectivity index (χ0v) is 13.8. The zero-order valence-electron chi connectivity index (χ0n) is 11.4. The second kappa shape index (κ2) is 5.86. The number of hydrogen-bond acceptors (Lipinski definition) is 3. The second-order valence-corrected chi connectivity index (χ2v) is 7.24. The molecule has 3 aromatic rings. The van der Waals surface area contributed by atoms with Crippen LogP contribution in [0.5, 0.6) is 0 Å². The Morgan fingerprint density at radius 3 is 2.57 bits per heavy atom. The van der Waals surface area contributed by atoms with Crippen LogP contribution >= 0.6 is 15.9 Å². The van der Waals surface area contributed by atoms with Gasteiger partial charge in [0.1, 0.15) is 17.2 Å². The Labute approximate surface area is 139 Å². The maximum atomic E-state index is 13.8. The van der Waals surface area contributed by atoms with Gasteiger partial charge in [-0.3, -0.25) is 9.71 Å². The lowest BCUT2D eigenvalue weighted by Gasteiger charge is -2.11. The fourth-order valence-electron chi connectivity index (χ4n) is 2.12. The second-order valence-electron chi connectivity index (χ2n) is 4.67. The molecule has 0 fully saturated rings. The number of nitrogens with one attached hydrogen (secondary N) is 1. The summed E-state index contributed by atoms with van der Waals surface area (Å²) < 4.78 is 55.3. The van der Waals surface area contributed by atoms with Gasteiger partial charge in [-0.2, -0.15) is 0 Å². The van der Waals surface area contributed by atoms with Crippen LogP contribution in [0.4, 0.5) is 14.5 Å². The maximum absolute atomic E-state index is 13.8. The van der Waals surface area contributed by atoms with Gasteiger partial charge >= 0.3 is 0 Å². The van der Waals surface area contributed by atoms with E-state index in [4.69, 9.17) is 0 Å². The lowest BCUT2D eigenvalue weighted by atomic mass is 10.2. The molecule has 118 valence electrons. The van der Waals surface area contributed by atoms with Crippen LogP contribution in [-0.4, -0.2) is 13.4 Å². The molecule has 0 unspecified atom stereocenters. The molecule has 3 rings (SSSR count). The predicted molar refractivity (Wildman–Crippen MR) is 86.6 cm³/mol. The molecule has 0 saturated heterocycles. The Morgan fingerprint density at radius 1 is 1.04 bits per heavy atom. The Balaban J connectivity index is 2.12. The molecule has 8 heteroatoms. The molecular formula is C15H9BrF2N2O2S. The first-order valence-electron chi connectivity index (χ1n) is 6.39. The van der Waals surface area contributed by atoms with Gasteiger partial charge in [-0.1, -0.05) is 15.9 Å². The number of nitrogens with zero attached hydrogens (tertiary/aromatic N) is 1. The van der Waals surface area contributed by atoms with Crippen molar-refractivity contribution >= 4 is 42.5 Å². The highest BCUT2D eigenvalue weighted by atomic mass is 79.9. The summed E-state index contributed by atoms with van der Waals surface area (Å²) in [5.41, 5.74) is -0.263. The van der Waals surface area contributed by atoms with Crippen LogP contribution in [0.2, 0.25) is 0 Å². The number of pyridine rings is 1. The van der Waals surface area contributed by atoms with Crippen molar-refractivity contribution in [3.05, 3.63) is 64.8 Å². The van der Waals surface area contributed by atoms with E-state index in [0.717, 1.165) is 18.2 Å². The summed E-state index contributed by atoms with van der Waals surface area (Å²) >= 11 is 3.09. The molecule has 23 heavy (non-hydrogen) atoms. The molecule has 1 heterocycles. The number of halogens is 3. The molecule has 0 aliphatic heterocycles. The summed E-state index contributed by atoms with van der Waals surface area (Å²) in [5, 5.41) is 0.123. The molecule has 0 saturated carbocycles. The highest BCUT2D eigenvalue weighted by Crippen LogP contribution is 2.27. The van der Waals surface area contributed by atoms with Crippen LogP contribution in [0.25, 0.3) is 10.9 Å². The van der Waals surface area contributed by atoms with E-state index in [-0.39, 0.29) is 21.5 Å². The van der Waals surface area contributed by atoms with E-state index in [1.165, 1.54) is 30.5 Å². The Morgan fingerprint density at radius 2 is 1.83 bits per heavy atom. The normalized spacial score (nSPS) is 11.6. The van der Waals surface area contributed by atoms with E-state index in [1.807, 2.05) is 0 Å². The van der Waals surface area contributed by atoms with Crippen LogP contribution < -0.4 is 4.72 Å². The minimum atomic E-state index is -4.10. The molecule has 0 amide bonds. The number of fused-ring (bicyclic) bond motifs is 1. The van der Waals surface area contributed by atoms with E-state index in [9.17, 15) is 17.2 Å². The quantitative estimate of drug-likeness (QED) is 0.722. The van der Waals surface area contributed by atoms with E-state index >= 15 is 0 Å². The van der Waals surface area contributed by atoms with Crippen molar-refractivity contribution in [2.24, 2.45) is 0 Å². The van der Waals surface area contributed by atoms with E-state index < -0.39 is 21.7 Å². The summed E-state index contributed by atoms with van der Waals surface area (Å²) in [5.74, 6) is -1.36. The molecule has 4 nitrogen and oxygen atoms in total. The summed E-state index contributed by atoms with van der Waals surface area (Å²) in [7, 11) is -4.10. The number of sulfonamides is 1. The summed E-state index contributed by atoms with van der Waals surface area (Å²) in [6.45, 7) is 0. The number of benzene rings is 2. The van der Waals surface area contributed by atoms with Crippen LogP contribution in [0.1, 0.15) is 0 Å². The van der Waals surface area contributed by atoms with Crippen molar-refractivity contribution in [1.82, 2.24) is 4.98 Å². The van der Waals surface area contributed by atoms with Crippen LogP contribution in [0, 0.1) is 11.6 Å². The van der Waals surface area contributed by atoms with Gasteiger partial charge in [-0.05, 0) is 42.5 Å². The van der Waals surface area contributed by atoms with Crippen LogP contribution in [0.3, 0.4) is 0 Å².